The normalized spacial score (nSPS) is 14.3. The molecule has 3 rings (SSSR count). The van der Waals surface area contributed by atoms with E-state index in [0.29, 0.717) is 16.5 Å². The summed E-state index contributed by atoms with van der Waals surface area (Å²) in [5.74, 6) is -1.09. The Hall–Kier alpha value is -3.05. The second-order valence-electron chi connectivity index (χ2n) is 7.17. The molecular weight excluding hydrogens is 525 g/mol. The molecule has 3 amide bonds. The lowest BCUT2D eigenvalue weighted by atomic mass is 9.97. The highest BCUT2D eigenvalue weighted by molar-refractivity contribution is 6.68. The third-order valence-corrected chi connectivity index (χ3v) is 5.13. The van der Waals surface area contributed by atoms with Crippen molar-refractivity contribution in [3.63, 3.8) is 0 Å². The fourth-order valence-electron chi connectivity index (χ4n) is 3.12. The molecule has 13 heteroatoms. The van der Waals surface area contributed by atoms with E-state index in [1.54, 1.807) is 42.5 Å². The summed E-state index contributed by atoms with van der Waals surface area (Å²) in [6, 6.07) is 12.0. The van der Waals surface area contributed by atoms with Gasteiger partial charge in [0, 0.05) is 5.56 Å². The molecule has 186 valence electrons. The predicted molar refractivity (Wildman–Crippen MR) is 126 cm³/mol. The van der Waals surface area contributed by atoms with Crippen LogP contribution in [0.25, 0.3) is 0 Å². The number of nitrogens with one attached hydrogen (secondary N) is 1. The van der Waals surface area contributed by atoms with Crippen molar-refractivity contribution in [3.8, 4) is 5.75 Å². The first kappa shape index (κ1) is 26.6. The maximum absolute atomic E-state index is 13.6. The molecular formula is C22H20Cl3N3O7. The summed E-state index contributed by atoms with van der Waals surface area (Å²) in [5.41, 5.74) is 2.86. The van der Waals surface area contributed by atoms with Crippen molar-refractivity contribution in [1.29, 1.82) is 0 Å². The Balaban J connectivity index is 1.99. The van der Waals surface area contributed by atoms with Crippen LogP contribution >= 0.6 is 34.8 Å². The molecule has 1 saturated heterocycles. The Bertz CT molecular complexity index is 1080. The van der Waals surface area contributed by atoms with Crippen molar-refractivity contribution in [2.24, 2.45) is 0 Å². The molecule has 0 bridgehead atoms. The number of rotatable bonds is 8. The molecule has 0 aromatic heterocycles. The highest BCUT2D eigenvalue weighted by atomic mass is 35.6. The molecule has 0 spiro atoms. The van der Waals surface area contributed by atoms with Crippen molar-refractivity contribution < 1.29 is 33.5 Å². The van der Waals surface area contributed by atoms with Gasteiger partial charge >= 0.3 is 18.1 Å². The zero-order chi connectivity index (χ0) is 25.6. The summed E-state index contributed by atoms with van der Waals surface area (Å²) in [6.45, 7) is -0.0464. The first-order chi connectivity index (χ1) is 16.6. The Morgan fingerprint density at radius 2 is 1.77 bits per heavy atom. The molecule has 2 aromatic rings. The van der Waals surface area contributed by atoms with Gasteiger partial charge in [-0.1, -0.05) is 65.1 Å². The molecule has 0 aliphatic carbocycles. The van der Waals surface area contributed by atoms with E-state index >= 15 is 0 Å². The molecule has 1 aliphatic rings. The van der Waals surface area contributed by atoms with E-state index in [2.05, 4.69) is 5.43 Å². The zero-order valence-corrected chi connectivity index (χ0v) is 20.5. The van der Waals surface area contributed by atoms with Crippen molar-refractivity contribution in [2.45, 2.75) is 16.3 Å². The molecule has 10 nitrogen and oxygen atoms in total. The van der Waals surface area contributed by atoms with Gasteiger partial charge in [0.25, 0.3) is 0 Å². The van der Waals surface area contributed by atoms with Crippen molar-refractivity contribution in [2.75, 3.05) is 20.3 Å². The molecule has 1 aliphatic heterocycles. The number of Topliss-reactive ketones (excluding diaryl/α,β-unsaturated/α-hetero) is 1. The van der Waals surface area contributed by atoms with Gasteiger partial charge in [0.15, 0.2) is 11.8 Å². The fraction of sp³-hybridized carbons (Fsp3) is 0.273. The summed E-state index contributed by atoms with van der Waals surface area (Å²) in [6.07, 6.45) is -1.58. The molecule has 1 fully saturated rings. The van der Waals surface area contributed by atoms with Crippen molar-refractivity contribution in [3.05, 3.63) is 65.7 Å². The number of ketones is 1. The average molecular weight is 545 g/mol. The number of carbonyl (C=O) groups is 4. The standard InChI is InChI=1S/C22H20Cl3N3O7/c1-33-16-9-7-15(8-10-16)19(30)18(14-5-3-2-4-6-14)28(35-17(29)13-22(23,24)25)26-20(31)27-11-12-34-21(27)32/h2-10,18H,11-13H2,1H3,(H,26,31). The van der Waals surface area contributed by atoms with Gasteiger partial charge in [-0.15, -0.1) is 0 Å². The number of nitrogens with zero attached hydrogens (tertiary/aromatic N) is 2. The van der Waals surface area contributed by atoms with Crippen LogP contribution in [0.1, 0.15) is 28.4 Å². The number of alkyl halides is 3. The van der Waals surface area contributed by atoms with E-state index in [4.69, 9.17) is 49.1 Å². The van der Waals surface area contributed by atoms with Crippen LogP contribution in [0.5, 0.6) is 5.75 Å². The van der Waals surface area contributed by atoms with Gasteiger partial charge in [-0.25, -0.2) is 19.9 Å². The van der Waals surface area contributed by atoms with E-state index < -0.39 is 40.1 Å². The minimum atomic E-state index is -1.99. The molecule has 1 heterocycles. The zero-order valence-electron chi connectivity index (χ0n) is 18.3. The molecule has 1 unspecified atom stereocenters. The van der Waals surface area contributed by atoms with Crippen molar-refractivity contribution >= 4 is 58.7 Å². The van der Waals surface area contributed by atoms with E-state index in [1.807, 2.05) is 0 Å². The smallest absolute Gasteiger partial charge is 0.418 e. The number of urea groups is 1. The summed E-state index contributed by atoms with van der Waals surface area (Å²) < 4.78 is 7.90. The summed E-state index contributed by atoms with van der Waals surface area (Å²) in [4.78, 5) is 56.8. The molecule has 0 saturated carbocycles. The molecule has 1 atom stereocenters. The number of hydrogen-bond donors (Lipinski definition) is 1. The van der Waals surface area contributed by atoms with E-state index in [-0.39, 0.29) is 18.7 Å². The van der Waals surface area contributed by atoms with Crippen LogP contribution in [-0.2, 0) is 14.4 Å². The van der Waals surface area contributed by atoms with E-state index in [1.165, 1.54) is 19.2 Å². The fourth-order valence-corrected chi connectivity index (χ4v) is 3.45. The number of cyclic esters (lactones) is 1. The summed E-state index contributed by atoms with van der Waals surface area (Å²) in [5, 5.41) is 0.634. The SMILES string of the molecule is COc1ccc(C(=O)C(c2ccccc2)N(NC(=O)N2CCOC2=O)OC(=O)CC(Cl)(Cl)Cl)cc1. The number of hydrogen-bond acceptors (Lipinski definition) is 8. The lowest BCUT2D eigenvalue weighted by Gasteiger charge is -2.30. The Morgan fingerprint density at radius 3 is 2.31 bits per heavy atom. The molecule has 0 radical (unpaired) electrons. The first-order valence-corrected chi connectivity index (χ1v) is 11.3. The third kappa shape index (κ3) is 7.22. The number of benzene rings is 2. The molecule has 2 aromatic carbocycles. The van der Waals surface area contributed by atoms with Gasteiger partial charge in [0.05, 0.1) is 20.1 Å². The Kier molecular flexibility index (Phi) is 8.79. The first-order valence-electron chi connectivity index (χ1n) is 10.1. The average Bonchev–Trinajstić information content (AvgIpc) is 3.24. The van der Waals surface area contributed by atoms with Crippen LogP contribution in [0.2, 0.25) is 0 Å². The summed E-state index contributed by atoms with van der Waals surface area (Å²) >= 11 is 17.1. The number of hydroxylamine groups is 1. The number of amides is 3. The topological polar surface area (TPSA) is 114 Å². The van der Waals surface area contributed by atoms with Gasteiger partial charge in [0.2, 0.25) is 3.79 Å². The van der Waals surface area contributed by atoms with Gasteiger partial charge in [-0.05, 0) is 35.0 Å². The molecule has 1 N–H and O–H groups in total. The second kappa shape index (κ2) is 11.6. The van der Waals surface area contributed by atoms with Crippen LogP contribution in [0.3, 0.4) is 0 Å². The monoisotopic (exact) mass is 543 g/mol. The van der Waals surface area contributed by atoms with Gasteiger partial charge in [-0.2, -0.15) is 0 Å². The predicted octanol–water partition coefficient (Wildman–Crippen LogP) is 4.22. The quantitative estimate of drug-likeness (QED) is 0.299. The second-order valence-corrected chi connectivity index (χ2v) is 9.69. The molecule has 35 heavy (non-hydrogen) atoms. The van der Waals surface area contributed by atoms with Crippen LogP contribution in [0.4, 0.5) is 9.59 Å². The number of imide groups is 1. The third-order valence-electron chi connectivity index (χ3n) is 4.73. The lowest BCUT2D eigenvalue weighted by molar-refractivity contribution is -0.211. The van der Waals surface area contributed by atoms with Crippen LogP contribution in [0.15, 0.2) is 54.6 Å². The number of ether oxygens (including phenoxy) is 2. The maximum atomic E-state index is 13.6. The number of methoxy groups -OCH3 is 1. The number of hydrazine groups is 1. The minimum Gasteiger partial charge on any atom is -0.497 e. The Morgan fingerprint density at radius 1 is 1.11 bits per heavy atom. The van der Waals surface area contributed by atoms with Crippen LogP contribution < -0.4 is 10.2 Å². The largest absolute Gasteiger partial charge is 0.497 e. The number of halogens is 3. The number of carbonyl (C=O) groups excluding carboxylic acids is 4. The maximum Gasteiger partial charge on any atom is 0.418 e. The van der Waals surface area contributed by atoms with Gasteiger partial charge < -0.3 is 14.3 Å². The Labute approximate surface area is 215 Å². The van der Waals surface area contributed by atoms with Gasteiger partial charge in [0.1, 0.15) is 12.4 Å². The van der Waals surface area contributed by atoms with Crippen LogP contribution in [-0.4, -0.2) is 58.0 Å². The summed E-state index contributed by atoms with van der Waals surface area (Å²) in [7, 11) is 1.48. The lowest BCUT2D eigenvalue weighted by Crippen LogP contribution is -2.53. The van der Waals surface area contributed by atoms with Gasteiger partial charge in [-0.3, -0.25) is 9.59 Å². The van der Waals surface area contributed by atoms with E-state index in [9.17, 15) is 19.2 Å². The van der Waals surface area contributed by atoms with Crippen LogP contribution in [0, 0.1) is 0 Å². The minimum absolute atomic E-state index is 0.00774. The van der Waals surface area contributed by atoms with Crippen molar-refractivity contribution in [1.82, 2.24) is 15.5 Å². The highest BCUT2D eigenvalue weighted by Crippen LogP contribution is 2.31. The highest BCUT2D eigenvalue weighted by Gasteiger charge is 2.38. The van der Waals surface area contributed by atoms with E-state index in [0.717, 1.165) is 4.90 Å².